The number of methoxy groups -OCH3 is 2. The summed E-state index contributed by atoms with van der Waals surface area (Å²) in [6.45, 7) is 0. The van der Waals surface area contributed by atoms with Crippen LogP contribution in [0.15, 0.2) is 18.2 Å². The van der Waals surface area contributed by atoms with Gasteiger partial charge in [0, 0.05) is 10.9 Å². The average molecular weight is 304 g/mol. The van der Waals surface area contributed by atoms with Gasteiger partial charge in [-0.15, -0.1) is 11.3 Å². The fourth-order valence-corrected chi connectivity index (χ4v) is 3.44. The van der Waals surface area contributed by atoms with Crippen molar-refractivity contribution in [1.29, 1.82) is 0 Å². The van der Waals surface area contributed by atoms with Crippen molar-refractivity contribution in [3.05, 3.63) is 34.3 Å². The van der Waals surface area contributed by atoms with Crippen LogP contribution < -0.4 is 14.8 Å². The molecule has 2 aromatic rings. The van der Waals surface area contributed by atoms with Gasteiger partial charge in [0.1, 0.15) is 11.5 Å². The molecular formula is C15H16N2O3S. The van der Waals surface area contributed by atoms with Crippen molar-refractivity contribution in [3.8, 4) is 11.5 Å². The lowest BCUT2D eigenvalue weighted by atomic mass is 10.2. The number of carbonyl (C=O) groups excluding carboxylic acids is 1. The Labute approximate surface area is 126 Å². The van der Waals surface area contributed by atoms with Crippen molar-refractivity contribution in [3.63, 3.8) is 0 Å². The van der Waals surface area contributed by atoms with Crippen LogP contribution in [0, 0.1) is 0 Å². The number of amides is 1. The monoisotopic (exact) mass is 304 g/mol. The predicted octanol–water partition coefficient (Wildman–Crippen LogP) is 2.90. The van der Waals surface area contributed by atoms with Crippen molar-refractivity contribution in [2.75, 3.05) is 19.5 Å². The molecule has 0 spiro atoms. The molecule has 1 N–H and O–H groups in total. The van der Waals surface area contributed by atoms with Gasteiger partial charge in [0.15, 0.2) is 5.13 Å². The zero-order valence-corrected chi connectivity index (χ0v) is 12.8. The van der Waals surface area contributed by atoms with E-state index < -0.39 is 0 Å². The molecule has 0 unspecified atom stereocenters. The van der Waals surface area contributed by atoms with Crippen LogP contribution in [-0.4, -0.2) is 25.1 Å². The molecule has 0 aliphatic heterocycles. The molecule has 0 atom stereocenters. The lowest BCUT2D eigenvalue weighted by molar-refractivity contribution is 0.102. The number of thiazole rings is 1. The molecule has 0 bridgehead atoms. The lowest BCUT2D eigenvalue weighted by Crippen LogP contribution is -2.13. The summed E-state index contributed by atoms with van der Waals surface area (Å²) < 4.78 is 10.4. The third-order valence-electron chi connectivity index (χ3n) is 3.47. The normalized spacial score (nSPS) is 12.9. The van der Waals surface area contributed by atoms with Crippen molar-refractivity contribution in [2.45, 2.75) is 19.3 Å². The zero-order chi connectivity index (χ0) is 14.8. The first-order chi connectivity index (χ1) is 10.2. The molecule has 0 saturated heterocycles. The van der Waals surface area contributed by atoms with E-state index >= 15 is 0 Å². The number of hydrogen-bond donors (Lipinski definition) is 1. The molecule has 1 aliphatic rings. The first-order valence-electron chi connectivity index (χ1n) is 6.73. The van der Waals surface area contributed by atoms with Gasteiger partial charge in [0.05, 0.1) is 25.5 Å². The second-order valence-electron chi connectivity index (χ2n) is 4.76. The van der Waals surface area contributed by atoms with Gasteiger partial charge in [-0.1, -0.05) is 0 Å². The summed E-state index contributed by atoms with van der Waals surface area (Å²) in [5.41, 5.74) is 1.59. The minimum absolute atomic E-state index is 0.220. The summed E-state index contributed by atoms with van der Waals surface area (Å²) in [5.74, 6) is 0.912. The number of fused-ring (bicyclic) bond motifs is 1. The Balaban J connectivity index is 1.81. The van der Waals surface area contributed by atoms with E-state index in [0.29, 0.717) is 22.2 Å². The Hall–Kier alpha value is -2.08. The number of aromatic nitrogens is 1. The number of aryl methyl sites for hydroxylation is 2. The highest BCUT2D eigenvalue weighted by molar-refractivity contribution is 7.16. The van der Waals surface area contributed by atoms with Crippen LogP contribution in [0.2, 0.25) is 0 Å². The molecule has 3 rings (SSSR count). The minimum atomic E-state index is -0.220. The smallest absolute Gasteiger partial charge is 0.261 e. The quantitative estimate of drug-likeness (QED) is 0.943. The van der Waals surface area contributed by atoms with E-state index in [1.807, 2.05) is 0 Å². The van der Waals surface area contributed by atoms with Crippen LogP contribution in [0.4, 0.5) is 5.13 Å². The number of carbonyl (C=O) groups is 1. The van der Waals surface area contributed by atoms with Gasteiger partial charge in [-0.3, -0.25) is 10.1 Å². The second-order valence-corrected chi connectivity index (χ2v) is 5.85. The summed E-state index contributed by atoms with van der Waals surface area (Å²) >= 11 is 1.56. The topological polar surface area (TPSA) is 60.5 Å². The maximum absolute atomic E-state index is 12.4. The summed E-state index contributed by atoms with van der Waals surface area (Å²) in [6.07, 6.45) is 3.23. The highest BCUT2D eigenvalue weighted by Crippen LogP contribution is 2.31. The van der Waals surface area contributed by atoms with E-state index in [1.54, 1.807) is 36.6 Å². The highest BCUT2D eigenvalue weighted by Gasteiger charge is 2.19. The molecule has 1 aromatic heterocycles. The summed E-state index contributed by atoms with van der Waals surface area (Å²) in [4.78, 5) is 18.1. The van der Waals surface area contributed by atoms with Crippen LogP contribution >= 0.6 is 11.3 Å². The van der Waals surface area contributed by atoms with Crippen molar-refractivity contribution in [1.82, 2.24) is 4.98 Å². The van der Waals surface area contributed by atoms with Crippen molar-refractivity contribution in [2.24, 2.45) is 0 Å². The number of ether oxygens (including phenoxy) is 2. The number of anilines is 1. The van der Waals surface area contributed by atoms with Gasteiger partial charge in [-0.2, -0.15) is 0 Å². The van der Waals surface area contributed by atoms with Gasteiger partial charge in [-0.05, 0) is 31.4 Å². The summed E-state index contributed by atoms with van der Waals surface area (Å²) in [5, 5.41) is 3.50. The van der Waals surface area contributed by atoms with Crippen LogP contribution in [0.5, 0.6) is 11.5 Å². The van der Waals surface area contributed by atoms with E-state index in [9.17, 15) is 4.79 Å². The maximum Gasteiger partial charge on any atom is 0.261 e. The fourth-order valence-electron chi connectivity index (χ4n) is 2.39. The third kappa shape index (κ3) is 2.71. The van der Waals surface area contributed by atoms with E-state index in [-0.39, 0.29) is 5.91 Å². The van der Waals surface area contributed by atoms with Crippen LogP contribution in [0.25, 0.3) is 0 Å². The molecule has 0 fully saturated rings. The van der Waals surface area contributed by atoms with Crippen LogP contribution in [-0.2, 0) is 12.8 Å². The molecule has 1 aromatic carbocycles. The summed E-state index contributed by atoms with van der Waals surface area (Å²) in [6, 6.07) is 5.12. The van der Waals surface area contributed by atoms with Crippen molar-refractivity contribution < 1.29 is 14.3 Å². The molecule has 6 heteroatoms. The first-order valence-corrected chi connectivity index (χ1v) is 7.55. The largest absolute Gasteiger partial charge is 0.497 e. The van der Waals surface area contributed by atoms with E-state index in [0.717, 1.165) is 25.0 Å². The molecule has 110 valence electrons. The Morgan fingerprint density at radius 2 is 2.14 bits per heavy atom. The molecule has 21 heavy (non-hydrogen) atoms. The number of rotatable bonds is 4. The van der Waals surface area contributed by atoms with Gasteiger partial charge >= 0.3 is 0 Å². The van der Waals surface area contributed by atoms with Crippen LogP contribution in [0.1, 0.15) is 27.3 Å². The molecule has 0 radical (unpaired) electrons. The Morgan fingerprint density at radius 3 is 2.86 bits per heavy atom. The maximum atomic E-state index is 12.4. The predicted molar refractivity (Wildman–Crippen MR) is 81.6 cm³/mol. The second kappa shape index (κ2) is 5.73. The molecule has 0 saturated carbocycles. The van der Waals surface area contributed by atoms with Gasteiger partial charge in [-0.25, -0.2) is 4.98 Å². The summed E-state index contributed by atoms with van der Waals surface area (Å²) in [7, 11) is 3.11. The molecule has 1 amide bonds. The first kappa shape index (κ1) is 13.9. The van der Waals surface area contributed by atoms with E-state index in [1.165, 1.54) is 12.0 Å². The lowest BCUT2D eigenvalue weighted by Gasteiger charge is -2.09. The van der Waals surface area contributed by atoms with Crippen molar-refractivity contribution >= 4 is 22.4 Å². The average Bonchev–Trinajstić information content (AvgIpc) is 3.07. The molecular weight excluding hydrogens is 288 g/mol. The Kier molecular flexibility index (Phi) is 3.79. The van der Waals surface area contributed by atoms with E-state index in [4.69, 9.17) is 9.47 Å². The van der Waals surface area contributed by atoms with Gasteiger partial charge < -0.3 is 9.47 Å². The number of nitrogens with zero attached hydrogens (tertiary/aromatic N) is 1. The third-order valence-corrected chi connectivity index (χ3v) is 4.54. The zero-order valence-electron chi connectivity index (χ0n) is 11.9. The minimum Gasteiger partial charge on any atom is -0.497 e. The number of benzene rings is 1. The molecule has 1 aliphatic carbocycles. The fraction of sp³-hybridized carbons (Fsp3) is 0.333. The van der Waals surface area contributed by atoms with Gasteiger partial charge in [0.25, 0.3) is 5.91 Å². The number of hydrogen-bond acceptors (Lipinski definition) is 5. The van der Waals surface area contributed by atoms with Crippen LogP contribution in [0.3, 0.4) is 0 Å². The van der Waals surface area contributed by atoms with E-state index in [2.05, 4.69) is 10.3 Å². The van der Waals surface area contributed by atoms with Gasteiger partial charge in [0.2, 0.25) is 0 Å². The standard InChI is InChI=1S/C15H16N2O3S/c1-19-9-6-7-10(12(8-9)20-2)14(18)17-15-16-11-4-3-5-13(11)21-15/h6-8H,3-5H2,1-2H3,(H,16,17,18). The number of nitrogens with one attached hydrogen (secondary N) is 1. The molecule has 5 nitrogen and oxygen atoms in total. The Morgan fingerprint density at radius 1 is 1.29 bits per heavy atom. The molecule has 1 heterocycles. The highest BCUT2D eigenvalue weighted by atomic mass is 32.1. The Bertz CT molecular complexity index is 660. The SMILES string of the molecule is COc1ccc(C(=O)Nc2nc3c(s2)CCC3)c(OC)c1.